The SMILES string of the molecule is Cc1ccc2c(C)c(CCC(=O)NC[C@H](c3cccs3)c3c[nH]c4ccccc34)c(=O)oc2c1. The standard InChI is InChI=1S/C28H26N2O3S/c1-17-9-10-19-18(2)20(28(32)33-25(19)14-17)11-12-27(31)30-16-23(26-8-5-13-34-26)22-15-29-24-7-4-3-6-21(22)24/h3-10,13-15,23,29H,11-12,16H2,1-2H3,(H,30,31)/t23-/m0/s1. The van der Waals surface area contributed by atoms with Gasteiger partial charge in [0.15, 0.2) is 0 Å². The van der Waals surface area contributed by atoms with Crippen LogP contribution in [0.25, 0.3) is 21.9 Å². The van der Waals surface area contributed by atoms with Crippen molar-refractivity contribution in [2.45, 2.75) is 32.6 Å². The summed E-state index contributed by atoms with van der Waals surface area (Å²) in [4.78, 5) is 29.9. The third-order valence-electron chi connectivity index (χ3n) is 6.43. The molecule has 0 saturated heterocycles. The van der Waals surface area contributed by atoms with Gasteiger partial charge in [-0.25, -0.2) is 4.79 Å². The topological polar surface area (TPSA) is 75.1 Å². The van der Waals surface area contributed by atoms with Gasteiger partial charge in [-0.3, -0.25) is 4.79 Å². The lowest BCUT2D eigenvalue weighted by molar-refractivity contribution is -0.121. The summed E-state index contributed by atoms with van der Waals surface area (Å²) in [5.74, 6) is -0.0278. The van der Waals surface area contributed by atoms with Crippen molar-refractivity contribution in [1.82, 2.24) is 10.3 Å². The highest BCUT2D eigenvalue weighted by atomic mass is 32.1. The molecule has 34 heavy (non-hydrogen) atoms. The van der Waals surface area contributed by atoms with E-state index in [1.807, 2.05) is 56.4 Å². The van der Waals surface area contributed by atoms with E-state index >= 15 is 0 Å². The number of amides is 1. The number of benzene rings is 2. The number of aromatic nitrogens is 1. The van der Waals surface area contributed by atoms with Crippen LogP contribution in [0.2, 0.25) is 0 Å². The summed E-state index contributed by atoms with van der Waals surface area (Å²) >= 11 is 1.69. The molecule has 2 aromatic carbocycles. The Labute approximate surface area is 201 Å². The average molecular weight is 471 g/mol. The maximum atomic E-state index is 12.8. The van der Waals surface area contributed by atoms with Crippen molar-refractivity contribution in [3.05, 3.63) is 104 Å². The maximum absolute atomic E-state index is 12.8. The molecule has 0 unspecified atom stereocenters. The third kappa shape index (κ3) is 4.29. The van der Waals surface area contributed by atoms with Crippen molar-refractivity contribution in [2.75, 3.05) is 6.54 Å². The van der Waals surface area contributed by atoms with Crippen molar-refractivity contribution in [3.8, 4) is 0 Å². The van der Waals surface area contributed by atoms with Crippen molar-refractivity contribution < 1.29 is 9.21 Å². The fraction of sp³-hybridized carbons (Fsp3) is 0.214. The zero-order valence-electron chi connectivity index (χ0n) is 19.2. The lowest BCUT2D eigenvalue weighted by atomic mass is 9.96. The van der Waals surface area contributed by atoms with Crippen molar-refractivity contribution in [3.63, 3.8) is 0 Å². The minimum absolute atomic E-state index is 0.0517. The van der Waals surface area contributed by atoms with Gasteiger partial charge in [-0.05, 0) is 60.5 Å². The van der Waals surface area contributed by atoms with Crippen LogP contribution in [0.4, 0.5) is 0 Å². The number of H-pyrrole nitrogens is 1. The minimum Gasteiger partial charge on any atom is -0.423 e. The lowest BCUT2D eigenvalue weighted by Crippen LogP contribution is -2.29. The van der Waals surface area contributed by atoms with Crippen LogP contribution in [0.15, 0.2) is 75.4 Å². The first-order chi connectivity index (χ1) is 16.5. The quantitative estimate of drug-likeness (QED) is 0.294. The molecule has 0 bridgehead atoms. The van der Waals surface area contributed by atoms with Gasteiger partial charge in [0.25, 0.3) is 0 Å². The number of fused-ring (bicyclic) bond motifs is 2. The van der Waals surface area contributed by atoms with Gasteiger partial charge in [-0.15, -0.1) is 11.3 Å². The third-order valence-corrected chi connectivity index (χ3v) is 7.42. The Morgan fingerprint density at radius 3 is 2.76 bits per heavy atom. The monoisotopic (exact) mass is 470 g/mol. The molecule has 0 radical (unpaired) electrons. The molecule has 3 aromatic heterocycles. The van der Waals surface area contributed by atoms with Crippen LogP contribution in [0.1, 0.15) is 39.5 Å². The average Bonchev–Trinajstić information content (AvgIpc) is 3.50. The molecule has 0 saturated carbocycles. The Balaban J connectivity index is 1.31. The van der Waals surface area contributed by atoms with E-state index in [-0.39, 0.29) is 23.9 Å². The summed E-state index contributed by atoms with van der Waals surface area (Å²) in [7, 11) is 0. The molecule has 1 atom stereocenters. The number of aromatic amines is 1. The smallest absolute Gasteiger partial charge is 0.339 e. The minimum atomic E-state index is -0.362. The van der Waals surface area contributed by atoms with Crippen LogP contribution in [-0.2, 0) is 11.2 Å². The number of carbonyl (C=O) groups excluding carboxylic acids is 1. The first-order valence-electron chi connectivity index (χ1n) is 11.4. The number of carbonyl (C=O) groups is 1. The van der Waals surface area contributed by atoms with Gasteiger partial charge >= 0.3 is 5.63 Å². The number of rotatable bonds is 7. The molecule has 5 nitrogen and oxygen atoms in total. The summed E-state index contributed by atoms with van der Waals surface area (Å²) in [6.45, 7) is 4.38. The Morgan fingerprint density at radius 1 is 1.09 bits per heavy atom. The molecule has 5 aromatic rings. The summed E-state index contributed by atoms with van der Waals surface area (Å²) in [6, 6.07) is 18.2. The van der Waals surface area contributed by atoms with Gasteiger partial charge in [0.2, 0.25) is 5.91 Å². The van der Waals surface area contributed by atoms with E-state index in [9.17, 15) is 9.59 Å². The summed E-state index contributed by atoms with van der Waals surface area (Å²) in [6.07, 6.45) is 2.61. The van der Waals surface area contributed by atoms with Gasteiger partial charge in [0.1, 0.15) is 5.58 Å². The van der Waals surface area contributed by atoms with Gasteiger partial charge in [0.05, 0.1) is 0 Å². The molecule has 172 valence electrons. The second-order valence-corrected chi connectivity index (χ2v) is 9.63. The highest BCUT2D eigenvalue weighted by Crippen LogP contribution is 2.32. The molecular weight excluding hydrogens is 444 g/mol. The molecule has 1 amide bonds. The molecule has 5 rings (SSSR count). The van der Waals surface area contributed by atoms with Gasteiger partial charge in [0, 0.05) is 51.8 Å². The molecular formula is C28H26N2O3S. The summed E-state index contributed by atoms with van der Waals surface area (Å²) < 4.78 is 5.53. The largest absolute Gasteiger partial charge is 0.423 e. The van der Waals surface area contributed by atoms with E-state index in [1.165, 1.54) is 10.4 Å². The highest BCUT2D eigenvalue weighted by Gasteiger charge is 2.20. The van der Waals surface area contributed by atoms with E-state index in [2.05, 4.69) is 33.9 Å². The molecule has 0 aliphatic rings. The Hall–Kier alpha value is -3.64. The number of thiophene rings is 1. The molecule has 0 aliphatic heterocycles. The van der Waals surface area contributed by atoms with E-state index in [0.717, 1.165) is 27.4 Å². The number of hydrogen-bond donors (Lipinski definition) is 2. The van der Waals surface area contributed by atoms with Crippen LogP contribution >= 0.6 is 11.3 Å². The second-order valence-electron chi connectivity index (χ2n) is 8.65. The van der Waals surface area contributed by atoms with Crippen LogP contribution in [-0.4, -0.2) is 17.4 Å². The fourth-order valence-electron chi connectivity index (χ4n) is 4.57. The molecule has 0 fully saturated rings. The predicted octanol–water partition coefficient (Wildman–Crippen LogP) is 5.83. The Kier molecular flexibility index (Phi) is 6.07. The zero-order valence-corrected chi connectivity index (χ0v) is 20.0. The summed E-state index contributed by atoms with van der Waals surface area (Å²) in [5, 5.41) is 7.23. The molecule has 0 aliphatic carbocycles. The summed E-state index contributed by atoms with van der Waals surface area (Å²) in [5.41, 5.74) is 4.97. The van der Waals surface area contributed by atoms with Crippen molar-refractivity contribution in [1.29, 1.82) is 0 Å². The maximum Gasteiger partial charge on any atom is 0.339 e. The van der Waals surface area contributed by atoms with Crippen LogP contribution < -0.4 is 10.9 Å². The number of aryl methyl sites for hydroxylation is 2. The van der Waals surface area contributed by atoms with E-state index < -0.39 is 0 Å². The number of hydrogen-bond acceptors (Lipinski definition) is 4. The first kappa shape index (κ1) is 22.2. The number of para-hydroxylation sites is 1. The molecule has 0 spiro atoms. The van der Waals surface area contributed by atoms with Gasteiger partial charge in [-0.2, -0.15) is 0 Å². The van der Waals surface area contributed by atoms with E-state index in [4.69, 9.17) is 4.42 Å². The predicted molar refractivity (Wildman–Crippen MR) is 138 cm³/mol. The number of nitrogens with one attached hydrogen (secondary N) is 2. The Morgan fingerprint density at radius 2 is 1.94 bits per heavy atom. The van der Waals surface area contributed by atoms with Gasteiger partial charge in [-0.1, -0.05) is 36.4 Å². The molecule has 2 N–H and O–H groups in total. The molecule has 3 heterocycles. The fourth-order valence-corrected chi connectivity index (χ4v) is 5.41. The normalized spacial score (nSPS) is 12.3. The second kappa shape index (κ2) is 9.31. The lowest BCUT2D eigenvalue weighted by Gasteiger charge is -2.16. The van der Waals surface area contributed by atoms with Crippen LogP contribution in [0, 0.1) is 13.8 Å². The van der Waals surface area contributed by atoms with Crippen LogP contribution in [0.5, 0.6) is 0 Å². The molecule has 6 heteroatoms. The highest BCUT2D eigenvalue weighted by molar-refractivity contribution is 7.10. The van der Waals surface area contributed by atoms with Crippen molar-refractivity contribution >= 4 is 39.1 Å². The van der Waals surface area contributed by atoms with Crippen LogP contribution in [0.3, 0.4) is 0 Å². The zero-order chi connectivity index (χ0) is 23.7. The van der Waals surface area contributed by atoms with Gasteiger partial charge < -0.3 is 14.7 Å². The van der Waals surface area contributed by atoms with E-state index in [0.29, 0.717) is 24.1 Å². The Bertz CT molecular complexity index is 1530. The van der Waals surface area contributed by atoms with Crippen molar-refractivity contribution in [2.24, 2.45) is 0 Å². The first-order valence-corrected chi connectivity index (χ1v) is 12.3. The van der Waals surface area contributed by atoms with E-state index in [1.54, 1.807) is 11.3 Å².